The normalized spacial score (nSPS) is 12.1. The third-order valence-corrected chi connectivity index (χ3v) is 4.30. The first kappa shape index (κ1) is 16.4. The maximum atomic E-state index is 9.85. The zero-order valence-electron chi connectivity index (χ0n) is 13.2. The van der Waals surface area contributed by atoms with Crippen LogP contribution in [0.1, 0.15) is 23.1 Å². The van der Waals surface area contributed by atoms with E-state index < -0.39 is 11.4 Å². The van der Waals surface area contributed by atoms with Crippen LogP contribution in [0.4, 0.5) is 0 Å². The van der Waals surface area contributed by atoms with Gasteiger partial charge in [-0.15, -0.1) is 0 Å². The molecule has 0 amide bonds. The summed E-state index contributed by atoms with van der Waals surface area (Å²) in [5, 5.41) is 29.5. The molecule has 0 spiro atoms. The summed E-state index contributed by atoms with van der Waals surface area (Å²) in [6.45, 7) is 0. The van der Waals surface area contributed by atoms with E-state index in [1.54, 1.807) is 0 Å². The number of benzene rings is 3. The van der Waals surface area contributed by atoms with Gasteiger partial charge in [0, 0.05) is 6.42 Å². The second-order valence-corrected chi connectivity index (χ2v) is 5.95. The van der Waals surface area contributed by atoms with Gasteiger partial charge in [-0.25, -0.2) is 0 Å². The van der Waals surface area contributed by atoms with Crippen LogP contribution in [0.25, 0.3) is 0 Å². The second-order valence-electron chi connectivity index (χ2n) is 5.95. The van der Waals surface area contributed by atoms with E-state index in [0.717, 1.165) is 16.7 Å². The fraction of sp³-hybridized carbons (Fsp3) is 0.143. The van der Waals surface area contributed by atoms with Crippen molar-refractivity contribution in [1.82, 2.24) is 0 Å². The van der Waals surface area contributed by atoms with Gasteiger partial charge in [-0.2, -0.15) is 0 Å². The van der Waals surface area contributed by atoms with Crippen molar-refractivity contribution in [3.8, 4) is 0 Å². The SMILES string of the molecule is OC(O)(O)CC(c1ccccc1)(c1ccccc1)c1ccccc1. The molecule has 24 heavy (non-hydrogen) atoms. The van der Waals surface area contributed by atoms with Gasteiger partial charge in [0.05, 0.1) is 5.41 Å². The molecular weight excluding hydrogens is 300 g/mol. The Morgan fingerprint density at radius 1 is 0.500 bits per heavy atom. The summed E-state index contributed by atoms with van der Waals surface area (Å²) in [6.07, 6.45) is -0.280. The predicted molar refractivity (Wildman–Crippen MR) is 93.2 cm³/mol. The highest BCUT2D eigenvalue weighted by molar-refractivity contribution is 5.50. The van der Waals surface area contributed by atoms with Crippen molar-refractivity contribution in [3.63, 3.8) is 0 Å². The van der Waals surface area contributed by atoms with Crippen molar-refractivity contribution in [3.05, 3.63) is 108 Å². The molecule has 3 heteroatoms. The van der Waals surface area contributed by atoms with E-state index in [4.69, 9.17) is 0 Å². The van der Waals surface area contributed by atoms with Crippen LogP contribution >= 0.6 is 0 Å². The Morgan fingerprint density at radius 2 is 0.792 bits per heavy atom. The van der Waals surface area contributed by atoms with Crippen molar-refractivity contribution in [2.45, 2.75) is 17.8 Å². The second kappa shape index (κ2) is 6.57. The maximum Gasteiger partial charge on any atom is 0.276 e. The summed E-state index contributed by atoms with van der Waals surface area (Å²) in [4.78, 5) is 0. The fourth-order valence-corrected chi connectivity index (χ4v) is 3.33. The van der Waals surface area contributed by atoms with Crippen molar-refractivity contribution in [2.75, 3.05) is 0 Å². The lowest BCUT2D eigenvalue weighted by Gasteiger charge is -2.38. The van der Waals surface area contributed by atoms with E-state index in [1.165, 1.54) is 0 Å². The maximum absolute atomic E-state index is 9.85. The topological polar surface area (TPSA) is 60.7 Å². The van der Waals surface area contributed by atoms with Gasteiger partial charge in [0.1, 0.15) is 0 Å². The molecule has 0 atom stereocenters. The van der Waals surface area contributed by atoms with Crippen LogP contribution in [0, 0.1) is 0 Å². The van der Waals surface area contributed by atoms with Crippen LogP contribution < -0.4 is 0 Å². The Morgan fingerprint density at radius 3 is 1.04 bits per heavy atom. The molecule has 0 unspecified atom stereocenters. The van der Waals surface area contributed by atoms with E-state index in [-0.39, 0.29) is 6.42 Å². The van der Waals surface area contributed by atoms with Crippen LogP contribution in [-0.2, 0) is 5.41 Å². The molecule has 3 aromatic carbocycles. The Balaban J connectivity index is 2.33. The predicted octanol–water partition coefficient (Wildman–Crippen LogP) is 3.04. The van der Waals surface area contributed by atoms with Crippen molar-refractivity contribution in [1.29, 1.82) is 0 Å². The minimum Gasteiger partial charge on any atom is -0.344 e. The molecule has 3 nitrogen and oxygen atoms in total. The third kappa shape index (κ3) is 3.24. The molecule has 3 N–H and O–H groups in total. The molecule has 0 aliphatic carbocycles. The standard InChI is InChI=1S/C21H20O3/c22-21(23,24)16-20(17-10-4-1-5-11-17,18-12-6-2-7-13-18)19-14-8-3-9-15-19/h1-15,22-24H,16H2. The van der Waals surface area contributed by atoms with E-state index in [0.29, 0.717) is 0 Å². The molecule has 3 rings (SSSR count). The summed E-state index contributed by atoms with van der Waals surface area (Å²) < 4.78 is 0. The highest BCUT2D eigenvalue weighted by Crippen LogP contribution is 2.44. The summed E-state index contributed by atoms with van der Waals surface area (Å²) in [5.74, 6) is -2.80. The molecule has 0 aromatic heterocycles. The first-order valence-electron chi connectivity index (χ1n) is 7.86. The van der Waals surface area contributed by atoms with Gasteiger partial charge in [-0.3, -0.25) is 0 Å². The van der Waals surface area contributed by atoms with Crippen LogP contribution in [0.2, 0.25) is 0 Å². The summed E-state index contributed by atoms with van der Waals surface area (Å²) in [7, 11) is 0. The molecule has 0 fully saturated rings. The van der Waals surface area contributed by atoms with Gasteiger partial charge in [0.15, 0.2) is 0 Å². The quantitative estimate of drug-likeness (QED) is 0.500. The monoisotopic (exact) mass is 320 g/mol. The highest BCUT2D eigenvalue weighted by atomic mass is 16.7. The van der Waals surface area contributed by atoms with Crippen LogP contribution in [-0.4, -0.2) is 21.3 Å². The van der Waals surface area contributed by atoms with Crippen LogP contribution in [0.15, 0.2) is 91.0 Å². The molecule has 0 bridgehead atoms. The minimum absolute atomic E-state index is 0.280. The molecule has 0 aliphatic rings. The lowest BCUT2D eigenvalue weighted by molar-refractivity contribution is -0.318. The number of aliphatic hydroxyl groups is 3. The number of hydrogen-bond acceptors (Lipinski definition) is 3. The van der Waals surface area contributed by atoms with Gasteiger partial charge in [0.2, 0.25) is 0 Å². The molecule has 122 valence electrons. The molecular formula is C21H20O3. The van der Waals surface area contributed by atoms with Gasteiger partial charge < -0.3 is 15.3 Å². The molecule has 0 heterocycles. The van der Waals surface area contributed by atoms with Crippen LogP contribution in [0.5, 0.6) is 0 Å². The van der Waals surface area contributed by atoms with E-state index in [1.807, 2.05) is 91.0 Å². The summed E-state index contributed by atoms with van der Waals surface area (Å²) in [6, 6.07) is 28.8. The Labute approximate surface area is 141 Å². The Bertz CT molecular complexity index is 666. The Hall–Kier alpha value is -2.46. The highest BCUT2D eigenvalue weighted by Gasteiger charge is 2.42. The molecule has 0 radical (unpaired) electrons. The summed E-state index contributed by atoms with van der Waals surface area (Å²) in [5.41, 5.74) is 1.75. The average molecular weight is 320 g/mol. The molecule has 0 saturated heterocycles. The van der Waals surface area contributed by atoms with Gasteiger partial charge in [0.25, 0.3) is 5.97 Å². The third-order valence-electron chi connectivity index (χ3n) is 4.30. The molecule has 0 aliphatic heterocycles. The fourth-order valence-electron chi connectivity index (χ4n) is 3.33. The van der Waals surface area contributed by atoms with Gasteiger partial charge >= 0.3 is 0 Å². The van der Waals surface area contributed by atoms with Crippen LogP contribution in [0.3, 0.4) is 0 Å². The average Bonchev–Trinajstić information content (AvgIpc) is 2.61. The van der Waals surface area contributed by atoms with E-state index in [2.05, 4.69) is 0 Å². The number of rotatable bonds is 5. The zero-order valence-corrected chi connectivity index (χ0v) is 13.2. The first-order valence-corrected chi connectivity index (χ1v) is 7.86. The molecule has 3 aromatic rings. The smallest absolute Gasteiger partial charge is 0.276 e. The Kier molecular flexibility index (Phi) is 4.49. The first-order chi connectivity index (χ1) is 11.5. The van der Waals surface area contributed by atoms with Crippen molar-refractivity contribution in [2.24, 2.45) is 0 Å². The van der Waals surface area contributed by atoms with E-state index in [9.17, 15) is 15.3 Å². The minimum atomic E-state index is -2.80. The zero-order chi connectivity index (χ0) is 17.0. The molecule has 0 saturated carbocycles. The lowest BCUT2D eigenvalue weighted by Crippen LogP contribution is -2.41. The van der Waals surface area contributed by atoms with Crippen molar-refractivity contribution < 1.29 is 15.3 Å². The lowest BCUT2D eigenvalue weighted by atomic mass is 9.67. The van der Waals surface area contributed by atoms with E-state index >= 15 is 0 Å². The van der Waals surface area contributed by atoms with Crippen molar-refractivity contribution >= 4 is 0 Å². The largest absolute Gasteiger partial charge is 0.344 e. The summed E-state index contributed by atoms with van der Waals surface area (Å²) >= 11 is 0. The van der Waals surface area contributed by atoms with Gasteiger partial charge in [-0.1, -0.05) is 91.0 Å². The number of hydrogen-bond donors (Lipinski definition) is 3. The van der Waals surface area contributed by atoms with Gasteiger partial charge in [-0.05, 0) is 16.7 Å².